The van der Waals surface area contributed by atoms with Crippen LogP contribution in [0.3, 0.4) is 0 Å². The molecule has 0 fully saturated rings. The maximum atomic E-state index is 11.3. The van der Waals surface area contributed by atoms with Gasteiger partial charge < -0.3 is 34.6 Å². The predicted octanol–water partition coefficient (Wildman–Crippen LogP) is 5.86. The van der Waals surface area contributed by atoms with E-state index in [4.69, 9.17) is 24.4 Å². The quantitative estimate of drug-likeness (QED) is 0.193. The highest BCUT2D eigenvalue weighted by Gasteiger charge is 2.18. The first-order valence-corrected chi connectivity index (χ1v) is 11.1. The summed E-state index contributed by atoms with van der Waals surface area (Å²) in [5, 5.41) is 36.7. The van der Waals surface area contributed by atoms with Crippen molar-refractivity contribution >= 4 is 23.9 Å². The van der Waals surface area contributed by atoms with Crippen molar-refractivity contribution in [1.82, 2.24) is 0 Å². The van der Waals surface area contributed by atoms with E-state index in [1.807, 2.05) is 0 Å². The summed E-state index contributed by atoms with van der Waals surface area (Å²) in [6.45, 7) is 0. The van der Waals surface area contributed by atoms with Crippen molar-refractivity contribution in [2.75, 3.05) is 0 Å². The van der Waals surface area contributed by atoms with Crippen LogP contribution in [-0.4, -0.2) is 44.3 Å². The van der Waals surface area contributed by atoms with E-state index in [0.717, 1.165) is 24.3 Å². The predicted molar refractivity (Wildman–Crippen MR) is 134 cm³/mol. The fourth-order valence-corrected chi connectivity index (χ4v) is 3.46. The summed E-state index contributed by atoms with van der Waals surface area (Å²) >= 11 is 0. The Bertz CT molecular complexity index is 1450. The Balaban J connectivity index is 1.40. The lowest BCUT2D eigenvalue weighted by Crippen LogP contribution is -2.07. The Labute approximate surface area is 219 Å². The van der Waals surface area contributed by atoms with Crippen LogP contribution in [0, 0.1) is 0 Å². The van der Waals surface area contributed by atoms with Crippen molar-refractivity contribution in [2.45, 2.75) is 0 Å². The van der Waals surface area contributed by atoms with E-state index in [9.17, 15) is 29.4 Å². The Kier molecular flexibility index (Phi) is 7.43. The Hall–Kier alpha value is -5.84. The monoisotopic (exact) mass is 530 g/mol. The lowest BCUT2D eigenvalue weighted by Gasteiger charge is -2.11. The summed E-state index contributed by atoms with van der Waals surface area (Å²) in [5.41, 5.74) is -1.49. The van der Waals surface area contributed by atoms with Gasteiger partial charge in [0.05, 0.1) is 22.3 Å². The van der Waals surface area contributed by atoms with Crippen molar-refractivity contribution in [3.05, 3.63) is 107 Å². The molecule has 4 N–H and O–H groups in total. The number of benzene rings is 4. The molecule has 0 amide bonds. The highest BCUT2D eigenvalue weighted by molar-refractivity contribution is 6.02. The molecule has 4 aromatic carbocycles. The van der Waals surface area contributed by atoms with Crippen LogP contribution in [0.15, 0.2) is 84.9 Å². The van der Waals surface area contributed by atoms with Crippen molar-refractivity contribution in [1.29, 1.82) is 0 Å². The van der Waals surface area contributed by atoms with Gasteiger partial charge in [-0.1, -0.05) is 0 Å². The summed E-state index contributed by atoms with van der Waals surface area (Å²) in [6.07, 6.45) is 0. The molecule has 0 aliphatic rings. The number of carbonyl (C=O) groups is 4. The first-order valence-electron chi connectivity index (χ1n) is 11.1. The zero-order valence-corrected chi connectivity index (χ0v) is 19.7. The van der Waals surface area contributed by atoms with Crippen LogP contribution in [0.4, 0.5) is 0 Å². The van der Waals surface area contributed by atoms with Gasteiger partial charge in [0.25, 0.3) is 0 Å². The molecule has 4 rings (SSSR count). The molecule has 11 heteroatoms. The number of aromatic carboxylic acids is 4. The zero-order chi connectivity index (χ0) is 28.1. The highest BCUT2D eigenvalue weighted by Crippen LogP contribution is 2.30. The summed E-state index contributed by atoms with van der Waals surface area (Å²) in [6, 6.07) is 20.1. The van der Waals surface area contributed by atoms with Gasteiger partial charge in [-0.05, 0) is 84.9 Å². The Morgan fingerprint density at radius 2 is 0.590 bits per heavy atom. The second kappa shape index (κ2) is 11.0. The molecule has 0 aromatic heterocycles. The Morgan fingerprint density at radius 3 is 0.846 bits per heavy atom. The van der Waals surface area contributed by atoms with E-state index >= 15 is 0 Å². The fourth-order valence-electron chi connectivity index (χ4n) is 3.46. The summed E-state index contributed by atoms with van der Waals surface area (Å²) in [4.78, 5) is 45.1. The molecule has 0 saturated heterocycles. The Morgan fingerprint density at radius 1 is 0.359 bits per heavy atom. The highest BCUT2D eigenvalue weighted by atomic mass is 16.5. The van der Waals surface area contributed by atoms with Gasteiger partial charge in [-0.15, -0.1) is 0 Å². The molecule has 11 nitrogen and oxygen atoms in total. The third-order valence-electron chi connectivity index (χ3n) is 5.26. The molecule has 0 bridgehead atoms. The van der Waals surface area contributed by atoms with E-state index in [1.54, 1.807) is 48.5 Å². The van der Waals surface area contributed by atoms with Gasteiger partial charge in [-0.25, -0.2) is 19.2 Å². The average Bonchev–Trinajstić information content (AvgIpc) is 2.90. The third kappa shape index (κ3) is 6.30. The van der Waals surface area contributed by atoms with E-state index in [0.29, 0.717) is 23.0 Å². The van der Waals surface area contributed by atoms with Crippen LogP contribution in [0.5, 0.6) is 34.5 Å². The second-order valence-corrected chi connectivity index (χ2v) is 7.88. The molecular formula is C28H18O11. The van der Waals surface area contributed by atoms with Gasteiger partial charge in [0.1, 0.15) is 34.5 Å². The first-order chi connectivity index (χ1) is 18.6. The molecule has 39 heavy (non-hydrogen) atoms. The smallest absolute Gasteiger partial charge is 0.336 e. The van der Waals surface area contributed by atoms with Gasteiger partial charge in [0.2, 0.25) is 0 Å². The summed E-state index contributed by atoms with van der Waals surface area (Å²) in [5.74, 6) is -3.57. The molecule has 0 heterocycles. The number of rotatable bonds is 10. The normalized spacial score (nSPS) is 10.4. The van der Waals surface area contributed by atoms with E-state index < -0.39 is 35.0 Å². The third-order valence-corrected chi connectivity index (χ3v) is 5.26. The fraction of sp³-hybridized carbons (Fsp3) is 0. The van der Waals surface area contributed by atoms with E-state index in [-0.39, 0.29) is 22.6 Å². The molecular weight excluding hydrogens is 512 g/mol. The minimum atomic E-state index is -1.39. The maximum absolute atomic E-state index is 11.3. The standard InChI is InChI=1S/C28H18O11/c29-25(30)21-11-9-19(13-23(21)27(33)34)38-17-5-1-15(2-6-17)37-16-3-7-18(8-4-16)39-20-10-12-22(26(31)32)24(14-20)28(35)36/h1-14H,(H,29,30)(H,31,32)(H,33,34)(H,35,36). The lowest BCUT2D eigenvalue weighted by atomic mass is 10.1. The van der Waals surface area contributed by atoms with Gasteiger partial charge in [0, 0.05) is 0 Å². The number of carboxylic acid groups (broad SMARTS) is 4. The zero-order valence-electron chi connectivity index (χ0n) is 19.7. The molecule has 0 aliphatic carbocycles. The summed E-state index contributed by atoms with van der Waals surface area (Å²) < 4.78 is 17.0. The molecule has 196 valence electrons. The minimum Gasteiger partial charge on any atom is -0.478 e. The molecule has 4 aromatic rings. The van der Waals surface area contributed by atoms with Crippen LogP contribution >= 0.6 is 0 Å². The topological polar surface area (TPSA) is 177 Å². The van der Waals surface area contributed by atoms with Crippen molar-refractivity contribution in [2.24, 2.45) is 0 Å². The minimum absolute atomic E-state index is 0.148. The van der Waals surface area contributed by atoms with Gasteiger partial charge >= 0.3 is 23.9 Å². The van der Waals surface area contributed by atoms with Gasteiger partial charge in [0.15, 0.2) is 0 Å². The maximum Gasteiger partial charge on any atom is 0.336 e. The molecule has 0 aliphatic heterocycles. The molecule has 0 radical (unpaired) electrons. The number of carboxylic acids is 4. The van der Waals surface area contributed by atoms with E-state index in [2.05, 4.69) is 0 Å². The second-order valence-electron chi connectivity index (χ2n) is 7.88. The first kappa shape index (κ1) is 26.2. The number of ether oxygens (including phenoxy) is 3. The molecule has 0 saturated carbocycles. The van der Waals surface area contributed by atoms with Crippen LogP contribution < -0.4 is 14.2 Å². The summed E-state index contributed by atoms with van der Waals surface area (Å²) in [7, 11) is 0. The molecule has 0 unspecified atom stereocenters. The van der Waals surface area contributed by atoms with Gasteiger partial charge in [-0.2, -0.15) is 0 Å². The van der Waals surface area contributed by atoms with Gasteiger partial charge in [-0.3, -0.25) is 0 Å². The van der Waals surface area contributed by atoms with E-state index in [1.165, 1.54) is 12.1 Å². The van der Waals surface area contributed by atoms with Crippen LogP contribution in [0.2, 0.25) is 0 Å². The SMILES string of the molecule is O=C(O)c1ccc(Oc2ccc(Oc3ccc(Oc4ccc(C(=O)O)c(C(=O)O)c4)cc3)cc2)cc1C(=O)O. The van der Waals surface area contributed by atoms with Crippen molar-refractivity contribution in [3.8, 4) is 34.5 Å². The molecule has 0 atom stereocenters. The van der Waals surface area contributed by atoms with Crippen LogP contribution in [-0.2, 0) is 0 Å². The number of hydrogen-bond acceptors (Lipinski definition) is 7. The lowest BCUT2D eigenvalue weighted by molar-refractivity contribution is 0.0651. The largest absolute Gasteiger partial charge is 0.478 e. The number of hydrogen-bond donors (Lipinski definition) is 4. The van der Waals surface area contributed by atoms with Crippen LogP contribution in [0.1, 0.15) is 41.4 Å². The van der Waals surface area contributed by atoms with Crippen molar-refractivity contribution < 1.29 is 53.8 Å². The average molecular weight is 530 g/mol. The molecule has 0 spiro atoms. The van der Waals surface area contributed by atoms with Crippen LogP contribution in [0.25, 0.3) is 0 Å². The van der Waals surface area contributed by atoms with Crippen molar-refractivity contribution in [3.63, 3.8) is 0 Å².